The maximum atomic E-state index is 5.49. The second-order valence-corrected chi connectivity index (χ2v) is 3.59. The summed E-state index contributed by atoms with van der Waals surface area (Å²) >= 11 is 0. The lowest BCUT2D eigenvalue weighted by Gasteiger charge is -2.13. The minimum atomic E-state index is 0.102. The number of rotatable bonds is 0. The highest BCUT2D eigenvalue weighted by atomic mass is 16.6. The molecule has 0 N–H and O–H groups in total. The van der Waals surface area contributed by atoms with E-state index in [0.29, 0.717) is 59.5 Å². The van der Waals surface area contributed by atoms with Gasteiger partial charge in [-0.05, 0) is 6.92 Å². The molecule has 0 bridgehead atoms. The fraction of sp³-hybridized carbons (Fsp3) is 1.00. The van der Waals surface area contributed by atoms with Gasteiger partial charge in [0.25, 0.3) is 0 Å². The molecule has 0 saturated carbocycles. The molecule has 1 heterocycles. The molecular weight excluding hydrogens is 212 g/mol. The van der Waals surface area contributed by atoms with E-state index in [1.54, 1.807) is 0 Å². The Balaban J connectivity index is 2.10. The molecule has 0 spiro atoms. The van der Waals surface area contributed by atoms with Crippen LogP contribution in [0.25, 0.3) is 0 Å². The quantitative estimate of drug-likeness (QED) is 0.610. The number of hydrogen-bond acceptors (Lipinski definition) is 5. The SMILES string of the molecule is CC1COCCOCCOCCOCCO1. The van der Waals surface area contributed by atoms with Crippen molar-refractivity contribution in [1.29, 1.82) is 0 Å². The summed E-state index contributed by atoms with van der Waals surface area (Å²) in [6.45, 7) is 7.42. The van der Waals surface area contributed by atoms with Crippen LogP contribution in [-0.4, -0.2) is 65.6 Å². The van der Waals surface area contributed by atoms with Gasteiger partial charge in [0, 0.05) is 0 Å². The van der Waals surface area contributed by atoms with Gasteiger partial charge in [-0.1, -0.05) is 0 Å². The first-order valence-electron chi connectivity index (χ1n) is 5.82. The molecule has 1 aliphatic rings. The molecule has 1 unspecified atom stereocenters. The lowest BCUT2D eigenvalue weighted by atomic mass is 10.4. The van der Waals surface area contributed by atoms with Gasteiger partial charge >= 0.3 is 0 Å². The topological polar surface area (TPSA) is 46.2 Å². The van der Waals surface area contributed by atoms with Crippen molar-refractivity contribution in [2.75, 3.05) is 59.5 Å². The lowest BCUT2D eigenvalue weighted by Crippen LogP contribution is -2.20. The Labute approximate surface area is 97.0 Å². The minimum absolute atomic E-state index is 0.102. The molecule has 0 aromatic rings. The maximum Gasteiger partial charge on any atom is 0.0781 e. The van der Waals surface area contributed by atoms with Crippen molar-refractivity contribution >= 4 is 0 Å². The Morgan fingerprint density at radius 1 is 0.625 bits per heavy atom. The van der Waals surface area contributed by atoms with Crippen LogP contribution >= 0.6 is 0 Å². The van der Waals surface area contributed by atoms with Crippen LogP contribution in [0.5, 0.6) is 0 Å². The van der Waals surface area contributed by atoms with Crippen molar-refractivity contribution < 1.29 is 23.7 Å². The normalized spacial score (nSPS) is 27.9. The van der Waals surface area contributed by atoms with Crippen molar-refractivity contribution in [2.24, 2.45) is 0 Å². The van der Waals surface area contributed by atoms with Gasteiger partial charge in [0.05, 0.1) is 65.6 Å². The van der Waals surface area contributed by atoms with Crippen LogP contribution in [0.2, 0.25) is 0 Å². The Morgan fingerprint density at radius 2 is 1.06 bits per heavy atom. The molecule has 0 amide bonds. The summed E-state index contributed by atoms with van der Waals surface area (Å²) in [6.07, 6.45) is 0.102. The Hall–Kier alpha value is -0.200. The van der Waals surface area contributed by atoms with E-state index < -0.39 is 0 Å². The first-order valence-corrected chi connectivity index (χ1v) is 5.82. The molecule has 1 aliphatic heterocycles. The van der Waals surface area contributed by atoms with Gasteiger partial charge in [-0.25, -0.2) is 0 Å². The van der Waals surface area contributed by atoms with E-state index >= 15 is 0 Å². The smallest absolute Gasteiger partial charge is 0.0781 e. The van der Waals surface area contributed by atoms with Crippen LogP contribution in [-0.2, 0) is 23.7 Å². The van der Waals surface area contributed by atoms with Crippen LogP contribution in [0.3, 0.4) is 0 Å². The first-order chi connectivity index (χ1) is 7.89. The van der Waals surface area contributed by atoms with E-state index in [0.717, 1.165) is 0 Å². The molecule has 0 aromatic heterocycles. The minimum Gasteiger partial charge on any atom is -0.377 e. The second kappa shape index (κ2) is 9.99. The van der Waals surface area contributed by atoms with Crippen molar-refractivity contribution in [3.8, 4) is 0 Å². The van der Waals surface area contributed by atoms with Gasteiger partial charge in [-0.3, -0.25) is 0 Å². The van der Waals surface area contributed by atoms with Crippen LogP contribution in [0, 0.1) is 0 Å². The molecule has 16 heavy (non-hydrogen) atoms. The number of hydrogen-bond donors (Lipinski definition) is 0. The zero-order chi connectivity index (χ0) is 11.5. The highest BCUT2D eigenvalue weighted by Crippen LogP contribution is 1.93. The average Bonchev–Trinajstić information content (AvgIpc) is 2.29. The van der Waals surface area contributed by atoms with Gasteiger partial charge in [0.2, 0.25) is 0 Å². The van der Waals surface area contributed by atoms with E-state index in [9.17, 15) is 0 Å². The predicted molar refractivity (Wildman–Crippen MR) is 58.7 cm³/mol. The molecule has 0 aromatic carbocycles. The van der Waals surface area contributed by atoms with E-state index in [2.05, 4.69) is 0 Å². The van der Waals surface area contributed by atoms with Crippen LogP contribution in [0.4, 0.5) is 0 Å². The predicted octanol–water partition coefficient (Wildman–Crippen LogP) is 0.471. The van der Waals surface area contributed by atoms with Crippen molar-refractivity contribution in [3.63, 3.8) is 0 Å². The molecule has 0 radical (unpaired) electrons. The Kier molecular flexibility index (Phi) is 8.65. The highest BCUT2D eigenvalue weighted by Gasteiger charge is 2.02. The van der Waals surface area contributed by atoms with Gasteiger partial charge < -0.3 is 23.7 Å². The summed E-state index contributed by atoms with van der Waals surface area (Å²) in [5.74, 6) is 0. The Morgan fingerprint density at radius 3 is 1.62 bits per heavy atom. The van der Waals surface area contributed by atoms with Crippen molar-refractivity contribution in [3.05, 3.63) is 0 Å². The van der Waals surface area contributed by atoms with Crippen LogP contribution in [0.15, 0.2) is 0 Å². The van der Waals surface area contributed by atoms with Gasteiger partial charge in [-0.15, -0.1) is 0 Å². The van der Waals surface area contributed by atoms with Crippen molar-refractivity contribution in [1.82, 2.24) is 0 Å². The third-order valence-electron chi connectivity index (χ3n) is 2.10. The molecular formula is C11H22O5. The van der Waals surface area contributed by atoms with E-state index in [4.69, 9.17) is 23.7 Å². The van der Waals surface area contributed by atoms with E-state index in [-0.39, 0.29) is 6.10 Å². The molecule has 1 rings (SSSR count). The van der Waals surface area contributed by atoms with Crippen LogP contribution < -0.4 is 0 Å². The summed E-state index contributed by atoms with van der Waals surface area (Å²) in [7, 11) is 0. The summed E-state index contributed by atoms with van der Waals surface area (Å²) in [5, 5.41) is 0. The first kappa shape index (κ1) is 13.9. The standard InChI is InChI=1S/C11H22O5/c1-11-10-15-7-6-13-3-2-12-4-5-14-8-9-16-11/h11H,2-10H2,1H3. The molecule has 1 atom stereocenters. The van der Waals surface area contributed by atoms with Gasteiger partial charge in [0.1, 0.15) is 0 Å². The fourth-order valence-electron chi connectivity index (χ4n) is 1.27. The molecule has 0 aliphatic carbocycles. The third kappa shape index (κ3) is 8.01. The number of ether oxygens (including phenoxy) is 5. The molecule has 5 heteroatoms. The zero-order valence-corrected chi connectivity index (χ0v) is 9.98. The molecule has 96 valence electrons. The summed E-state index contributed by atoms with van der Waals surface area (Å²) in [5.41, 5.74) is 0. The fourth-order valence-corrected chi connectivity index (χ4v) is 1.27. The maximum absolute atomic E-state index is 5.49. The van der Waals surface area contributed by atoms with Crippen molar-refractivity contribution in [2.45, 2.75) is 13.0 Å². The second-order valence-electron chi connectivity index (χ2n) is 3.59. The van der Waals surface area contributed by atoms with Gasteiger partial charge in [-0.2, -0.15) is 0 Å². The summed E-state index contributed by atoms with van der Waals surface area (Å²) in [6, 6.07) is 0. The van der Waals surface area contributed by atoms with Gasteiger partial charge in [0.15, 0.2) is 0 Å². The average molecular weight is 234 g/mol. The lowest BCUT2D eigenvalue weighted by molar-refractivity contribution is -0.0378. The highest BCUT2D eigenvalue weighted by molar-refractivity contribution is 4.47. The largest absolute Gasteiger partial charge is 0.377 e. The Bertz CT molecular complexity index is 137. The zero-order valence-electron chi connectivity index (χ0n) is 9.98. The third-order valence-corrected chi connectivity index (χ3v) is 2.10. The summed E-state index contributed by atoms with van der Waals surface area (Å²) < 4.78 is 26.8. The summed E-state index contributed by atoms with van der Waals surface area (Å²) in [4.78, 5) is 0. The van der Waals surface area contributed by atoms with Crippen LogP contribution in [0.1, 0.15) is 6.92 Å². The molecule has 1 saturated heterocycles. The van der Waals surface area contributed by atoms with E-state index in [1.165, 1.54) is 0 Å². The van der Waals surface area contributed by atoms with E-state index in [1.807, 2.05) is 6.92 Å². The monoisotopic (exact) mass is 234 g/mol. The molecule has 1 fully saturated rings. The molecule has 5 nitrogen and oxygen atoms in total.